The van der Waals surface area contributed by atoms with E-state index < -0.39 is 0 Å². The molecule has 3 rings (SSSR count). The van der Waals surface area contributed by atoms with Crippen molar-refractivity contribution in [1.29, 1.82) is 0 Å². The zero-order valence-electron chi connectivity index (χ0n) is 12.9. The van der Waals surface area contributed by atoms with E-state index in [4.69, 9.17) is 4.74 Å². The summed E-state index contributed by atoms with van der Waals surface area (Å²) in [6, 6.07) is 5.88. The van der Waals surface area contributed by atoms with Crippen LogP contribution in [0.25, 0.3) is 0 Å². The monoisotopic (exact) mass is 287 g/mol. The summed E-state index contributed by atoms with van der Waals surface area (Å²) in [6.07, 6.45) is 6.05. The molecule has 2 heterocycles. The lowest BCUT2D eigenvalue weighted by Gasteiger charge is -2.31. The second-order valence-electron chi connectivity index (χ2n) is 6.35. The minimum atomic E-state index is 0.249. The Hall–Kier alpha value is -1.35. The van der Waals surface area contributed by atoms with E-state index in [-0.39, 0.29) is 5.78 Å². The van der Waals surface area contributed by atoms with Gasteiger partial charge < -0.3 is 4.74 Å². The first-order valence-electron chi connectivity index (χ1n) is 8.27. The molecule has 114 valence electrons. The Labute approximate surface area is 127 Å². The Balaban J connectivity index is 1.55. The molecule has 0 unspecified atom stereocenters. The molecule has 0 atom stereocenters. The van der Waals surface area contributed by atoms with Gasteiger partial charge in [-0.3, -0.25) is 9.69 Å². The highest BCUT2D eigenvalue weighted by molar-refractivity contribution is 5.98. The van der Waals surface area contributed by atoms with E-state index >= 15 is 0 Å². The lowest BCUT2D eigenvalue weighted by atomic mass is 9.92. The van der Waals surface area contributed by atoms with Crippen LogP contribution in [0.1, 0.15) is 48.5 Å². The fraction of sp³-hybridized carbons (Fsp3) is 0.611. The smallest absolute Gasteiger partial charge is 0.176 e. The summed E-state index contributed by atoms with van der Waals surface area (Å²) in [6.45, 7) is 5.72. The summed E-state index contributed by atoms with van der Waals surface area (Å²) in [5.41, 5.74) is 2.03. The average molecular weight is 287 g/mol. The van der Waals surface area contributed by atoms with Crippen LogP contribution in [0.15, 0.2) is 18.2 Å². The molecule has 0 N–H and O–H groups in total. The highest BCUT2D eigenvalue weighted by Crippen LogP contribution is 2.26. The van der Waals surface area contributed by atoms with Crippen LogP contribution in [-0.2, 0) is 6.42 Å². The highest BCUT2D eigenvalue weighted by Gasteiger charge is 2.21. The normalized spacial score (nSPS) is 19.3. The molecule has 0 amide bonds. The molecule has 21 heavy (non-hydrogen) atoms. The molecule has 1 aromatic rings. The van der Waals surface area contributed by atoms with Crippen molar-refractivity contribution in [2.24, 2.45) is 5.92 Å². The van der Waals surface area contributed by atoms with Crippen molar-refractivity contribution in [3.8, 4) is 5.75 Å². The summed E-state index contributed by atoms with van der Waals surface area (Å²) in [4.78, 5) is 14.8. The maximum Gasteiger partial charge on any atom is 0.176 e. The Kier molecular flexibility index (Phi) is 4.59. The van der Waals surface area contributed by atoms with Crippen LogP contribution in [0.4, 0.5) is 0 Å². The van der Waals surface area contributed by atoms with Gasteiger partial charge in [0, 0.05) is 12.0 Å². The lowest BCUT2D eigenvalue weighted by Crippen LogP contribution is -2.37. The van der Waals surface area contributed by atoms with Crippen molar-refractivity contribution >= 4 is 5.78 Å². The van der Waals surface area contributed by atoms with Gasteiger partial charge in [0.15, 0.2) is 5.78 Å². The van der Waals surface area contributed by atoms with Gasteiger partial charge in [-0.1, -0.05) is 19.8 Å². The molecule has 3 nitrogen and oxygen atoms in total. The number of carbonyl (C=O) groups is 1. The van der Waals surface area contributed by atoms with Gasteiger partial charge in [-0.2, -0.15) is 0 Å². The number of hydrogen-bond donors (Lipinski definition) is 0. The van der Waals surface area contributed by atoms with E-state index in [1.165, 1.54) is 31.2 Å². The Morgan fingerprint density at radius 3 is 2.90 bits per heavy atom. The third-order valence-electron chi connectivity index (χ3n) is 4.78. The van der Waals surface area contributed by atoms with Gasteiger partial charge in [-0.05, 0) is 55.6 Å². The third kappa shape index (κ3) is 3.46. The van der Waals surface area contributed by atoms with Crippen LogP contribution in [-0.4, -0.2) is 36.9 Å². The van der Waals surface area contributed by atoms with Crippen molar-refractivity contribution in [3.05, 3.63) is 29.3 Å². The van der Waals surface area contributed by atoms with Crippen LogP contribution in [0.3, 0.4) is 0 Å². The summed E-state index contributed by atoms with van der Waals surface area (Å²) in [5.74, 6) is 2.07. The molecule has 1 saturated heterocycles. The van der Waals surface area contributed by atoms with Crippen molar-refractivity contribution in [1.82, 2.24) is 4.90 Å². The number of likely N-dealkylation sites (tertiary alicyclic amines) is 1. The predicted molar refractivity (Wildman–Crippen MR) is 84.0 cm³/mol. The van der Waals surface area contributed by atoms with Gasteiger partial charge in [0.1, 0.15) is 5.75 Å². The zero-order chi connectivity index (χ0) is 14.7. The summed E-state index contributed by atoms with van der Waals surface area (Å²) < 4.78 is 5.50. The molecule has 0 spiro atoms. The molecule has 1 fully saturated rings. The lowest BCUT2D eigenvalue weighted by molar-refractivity contribution is 0.0893. The molecule has 2 aliphatic rings. The van der Waals surface area contributed by atoms with Crippen LogP contribution >= 0.6 is 0 Å². The number of Topliss-reactive ketones (excluding diaryl/α,β-unsaturated/α-hetero) is 1. The molecule has 0 saturated carbocycles. The molecular weight excluding hydrogens is 262 g/mol. The van der Waals surface area contributed by atoms with E-state index in [1.807, 2.05) is 18.2 Å². The molecular formula is C18H25NO2. The standard InChI is InChI=1S/C18H25NO2/c1-2-3-14-6-9-19(10-7-14)13-17(20)15-4-5-18-16(12-15)8-11-21-18/h4-5,12,14H,2-3,6-11,13H2,1H3. The molecule has 2 aliphatic heterocycles. The first-order valence-corrected chi connectivity index (χ1v) is 8.27. The van der Waals surface area contributed by atoms with Crippen LogP contribution in [0.2, 0.25) is 0 Å². The van der Waals surface area contributed by atoms with E-state index in [1.54, 1.807) is 0 Å². The van der Waals surface area contributed by atoms with Gasteiger partial charge in [0.05, 0.1) is 13.2 Å². The number of nitrogens with zero attached hydrogens (tertiary/aromatic N) is 1. The Morgan fingerprint density at radius 1 is 1.33 bits per heavy atom. The molecule has 0 aromatic heterocycles. The number of fused-ring (bicyclic) bond motifs is 1. The van der Waals surface area contributed by atoms with E-state index in [0.717, 1.165) is 43.3 Å². The maximum absolute atomic E-state index is 12.4. The minimum absolute atomic E-state index is 0.249. The minimum Gasteiger partial charge on any atom is -0.493 e. The van der Waals surface area contributed by atoms with E-state index in [0.29, 0.717) is 6.54 Å². The quantitative estimate of drug-likeness (QED) is 0.778. The van der Waals surface area contributed by atoms with Gasteiger partial charge >= 0.3 is 0 Å². The Bertz CT molecular complexity index is 504. The molecule has 3 heteroatoms. The molecule has 1 aromatic carbocycles. The number of carbonyl (C=O) groups excluding carboxylic acids is 1. The molecule has 0 radical (unpaired) electrons. The van der Waals surface area contributed by atoms with Crippen LogP contribution < -0.4 is 4.74 Å². The van der Waals surface area contributed by atoms with Gasteiger partial charge in [0.25, 0.3) is 0 Å². The van der Waals surface area contributed by atoms with Gasteiger partial charge in [0.2, 0.25) is 0 Å². The number of ether oxygens (including phenoxy) is 1. The average Bonchev–Trinajstić information content (AvgIpc) is 2.97. The van der Waals surface area contributed by atoms with Crippen LogP contribution in [0.5, 0.6) is 5.75 Å². The zero-order valence-corrected chi connectivity index (χ0v) is 12.9. The number of benzene rings is 1. The second kappa shape index (κ2) is 6.61. The van der Waals surface area contributed by atoms with Crippen molar-refractivity contribution in [2.45, 2.75) is 39.0 Å². The number of ketones is 1. The fourth-order valence-electron chi connectivity index (χ4n) is 3.50. The first-order chi connectivity index (χ1) is 10.3. The number of hydrogen-bond acceptors (Lipinski definition) is 3. The van der Waals surface area contributed by atoms with Crippen molar-refractivity contribution in [2.75, 3.05) is 26.2 Å². The topological polar surface area (TPSA) is 29.5 Å². The van der Waals surface area contributed by atoms with E-state index in [9.17, 15) is 4.79 Å². The van der Waals surface area contributed by atoms with Crippen molar-refractivity contribution in [3.63, 3.8) is 0 Å². The fourth-order valence-corrected chi connectivity index (χ4v) is 3.50. The third-order valence-corrected chi connectivity index (χ3v) is 4.78. The van der Waals surface area contributed by atoms with Gasteiger partial charge in [-0.25, -0.2) is 0 Å². The highest BCUT2D eigenvalue weighted by atomic mass is 16.5. The second-order valence-corrected chi connectivity index (χ2v) is 6.35. The van der Waals surface area contributed by atoms with Crippen LogP contribution in [0, 0.1) is 5.92 Å². The van der Waals surface area contributed by atoms with E-state index in [2.05, 4.69) is 11.8 Å². The van der Waals surface area contributed by atoms with Crippen molar-refractivity contribution < 1.29 is 9.53 Å². The largest absolute Gasteiger partial charge is 0.493 e. The molecule has 0 bridgehead atoms. The predicted octanol–water partition coefficient (Wildman–Crippen LogP) is 3.32. The Morgan fingerprint density at radius 2 is 2.14 bits per heavy atom. The number of piperidine rings is 1. The molecule has 0 aliphatic carbocycles. The summed E-state index contributed by atoms with van der Waals surface area (Å²) in [5, 5.41) is 0. The maximum atomic E-state index is 12.4. The summed E-state index contributed by atoms with van der Waals surface area (Å²) in [7, 11) is 0. The number of rotatable bonds is 5. The van der Waals surface area contributed by atoms with Gasteiger partial charge in [-0.15, -0.1) is 0 Å². The SMILES string of the molecule is CCCC1CCN(CC(=O)c2ccc3c(c2)CCO3)CC1. The first kappa shape index (κ1) is 14.6. The summed E-state index contributed by atoms with van der Waals surface area (Å²) >= 11 is 0.